The molecule has 19 heavy (non-hydrogen) atoms. The van der Waals surface area contributed by atoms with E-state index in [-0.39, 0.29) is 11.4 Å². The Hall–Kier alpha value is -2.56. The minimum absolute atomic E-state index is 0.0244. The van der Waals surface area contributed by atoms with Crippen LogP contribution in [0.5, 0.6) is 5.75 Å². The molecular formula is C14H13N2O3-. The van der Waals surface area contributed by atoms with Crippen LogP contribution in [-0.4, -0.2) is 17.6 Å². The van der Waals surface area contributed by atoms with Gasteiger partial charge in [0, 0.05) is 17.4 Å². The highest BCUT2D eigenvalue weighted by Crippen LogP contribution is 2.20. The van der Waals surface area contributed by atoms with Crippen LogP contribution in [-0.2, 0) is 0 Å². The zero-order chi connectivity index (χ0) is 13.7. The van der Waals surface area contributed by atoms with Gasteiger partial charge in [0.1, 0.15) is 11.6 Å². The molecule has 0 saturated heterocycles. The largest absolute Gasteiger partial charge is 0.545 e. The summed E-state index contributed by atoms with van der Waals surface area (Å²) in [6.45, 7) is 2.51. The highest BCUT2D eigenvalue weighted by molar-refractivity contribution is 5.92. The summed E-state index contributed by atoms with van der Waals surface area (Å²) in [6.07, 6.45) is 1.52. The summed E-state index contributed by atoms with van der Waals surface area (Å²) < 4.78 is 5.33. The van der Waals surface area contributed by atoms with Crippen LogP contribution in [0.1, 0.15) is 17.3 Å². The van der Waals surface area contributed by atoms with Crippen molar-refractivity contribution in [3.8, 4) is 5.75 Å². The van der Waals surface area contributed by atoms with Gasteiger partial charge in [-0.2, -0.15) is 0 Å². The van der Waals surface area contributed by atoms with E-state index in [0.717, 1.165) is 11.4 Å². The number of aromatic carboxylic acids is 1. The van der Waals surface area contributed by atoms with Crippen molar-refractivity contribution in [1.29, 1.82) is 0 Å². The number of ether oxygens (including phenoxy) is 1. The van der Waals surface area contributed by atoms with Gasteiger partial charge in [0.25, 0.3) is 0 Å². The van der Waals surface area contributed by atoms with Crippen molar-refractivity contribution in [2.24, 2.45) is 0 Å². The molecule has 2 rings (SSSR count). The summed E-state index contributed by atoms with van der Waals surface area (Å²) in [5.41, 5.74) is 0.751. The van der Waals surface area contributed by atoms with Gasteiger partial charge in [-0.1, -0.05) is 0 Å². The van der Waals surface area contributed by atoms with E-state index in [0.29, 0.717) is 6.61 Å². The van der Waals surface area contributed by atoms with E-state index in [2.05, 4.69) is 10.3 Å². The normalized spacial score (nSPS) is 9.95. The lowest BCUT2D eigenvalue weighted by molar-refractivity contribution is -0.254. The Morgan fingerprint density at radius 2 is 2.05 bits per heavy atom. The predicted octanol–water partition coefficient (Wildman–Crippen LogP) is 1.59. The second kappa shape index (κ2) is 5.86. The zero-order valence-corrected chi connectivity index (χ0v) is 10.4. The summed E-state index contributed by atoms with van der Waals surface area (Å²) in [5.74, 6) is -0.248. The van der Waals surface area contributed by atoms with E-state index in [1.807, 2.05) is 6.92 Å². The molecule has 0 fully saturated rings. The molecule has 0 aliphatic heterocycles. The summed E-state index contributed by atoms with van der Waals surface area (Å²) in [4.78, 5) is 14.9. The SMILES string of the molecule is CCOc1ccc(Nc2ncccc2C(=O)[O-])cc1. The van der Waals surface area contributed by atoms with Crippen LogP contribution in [0.2, 0.25) is 0 Å². The van der Waals surface area contributed by atoms with Gasteiger partial charge in [0.15, 0.2) is 0 Å². The number of hydrogen-bond donors (Lipinski definition) is 1. The molecule has 0 unspecified atom stereocenters. The Balaban J connectivity index is 2.19. The molecule has 0 spiro atoms. The van der Waals surface area contributed by atoms with E-state index in [1.54, 1.807) is 30.3 Å². The lowest BCUT2D eigenvalue weighted by atomic mass is 10.2. The minimum atomic E-state index is -1.26. The maximum Gasteiger partial charge on any atom is 0.139 e. The number of carboxylic acids is 1. The van der Waals surface area contributed by atoms with E-state index in [4.69, 9.17) is 4.74 Å². The first-order chi connectivity index (χ1) is 9.20. The molecule has 0 aliphatic carbocycles. The number of nitrogens with zero attached hydrogens (tertiary/aromatic N) is 1. The van der Waals surface area contributed by atoms with Crippen LogP contribution < -0.4 is 15.2 Å². The molecule has 98 valence electrons. The quantitative estimate of drug-likeness (QED) is 0.880. The first kappa shape index (κ1) is 12.9. The number of carboxylic acid groups (broad SMARTS) is 1. The van der Waals surface area contributed by atoms with Crippen LogP contribution in [0, 0.1) is 0 Å². The predicted molar refractivity (Wildman–Crippen MR) is 69.5 cm³/mol. The molecule has 0 radical (unpaired) electrons. The smallest absolute Gasteiger partial charge is 0.139 e. The topological polar surface area (TPSA) is 74.3 Å². The molecule has 0 saturated carbocycles. The van der Waals surface area contributed by atoms with Gasteiger partial charge in [-0.05, 0) is 43.3 Å². The third-order valence-corrected chi connectivity index (χ3v) is 2.46. The Bertz CT molecular complexity index is 567. The van der Waals surface area contributed by atoms with Crippen molar-refractivity contribution >= 4 is 17.5 Å². The highest BCUT2D eigenvalue weighted by atomic mass is 16.5. The van der Waals surface area contributed by atoms with E-state index >= 15 is 0 Å². The van der Waals surface area contributed by atoms with Gasteiger partial charge in [0.05, 0.1) is 12.6 Å². The maximum absolute atomic E-state index is 10.9. The number of rotatable bonds is 5. The molecule has 0 amide bonds. The summed E-state index contributed by atoms with van der Waals surface area (Å²) in [5, 5.41) is 13.9. The molecule has 0 atom stereocenters. The number of aromatic nitrogens is 1. The lowest BCUT2D eigenvalue weighted by Crippen LogP contribution is -2.23. The number of carbonyl (C=O) groups is 1. The fourth-order valence-corrected chi connectivity index (χ4v) is 1.61. The second-order valence-electron chi connectivity index (χ2n) is 3.77. The first-order valence-corrected chi connectivity index (χ1v) is 5.87. The molecule has 5 heteroatoms. The van der Waals surface area contributed by atoms with Gasteiger partial charge in [-0.3, -0.25) is 0 Å². The highest BCUT2D eigenvalue weighted by Gasteiger charge is 2.04. The molecular weight excluding hydrogens is 244 g/mol. The summed E-state index contributed by atoms with van der Waals surface area (Å²) >= 11 is 0. The number of carbonyl (C=O) groups excluding carboxylic acids is 1. The molecule has 1 aromatic carbocycles. The second-order valence-corrected chi connectivity index (χ2v) is 3.77. The first-order valence-electron chi connectivity index (χ1n) is 5.87. The summed E-state index contributed by atoms with van der Waals surface area (Å²) in [7, 11) is 0. The van der Waals surface area contributed by atoms with Gasteiger partial charge in [-0.25, -0.2) is 4.98 Å². The third kappa shape index (κ3) is 3.22. The van der Waals surface area contributed by atoms with E-state index in [1.165, 1.54) is 12.3 Å². The Morgan fingerprint density at radius 1 is 1.32 bits per heavy atom. The Kier molecular flexibility index (Phi) is 3.97. The minimum Gasteiger partial charge on any atom is -0.545 e. The van der Waals surface area contributed by atoms with Gasteiger partial charge < -0.3 is 20.0 Å². The Morgan fingerprint density at radius 3 is 2.68 bits per heavy atom. The van der Waals surface area contributed by atoms with Crippen molar-refractivity contribution in [3.63, 3.8) is 0 Å². The number of nitrogens with one attached hydrogen (secondary N) is 1. The molecule has 2 aromatic rings. The average Bonchev–Trinajstić information content (AvgIpc) is 2.42. The third-order valence-electron chi connectivity index (χ3n) is 2.46. The van der Waals surface area contributed by atoms with Crippen LogP contribution >= 0.6 is 0 Å². The number of anilines is 2. The Labute approximate surface area is 110 Å². The van der Waals surface area contributed by atoms with Gasteiger partial charge in [0.2, 0.25) is 0 Å². The van der Waals surface area contributed by atoms with Crippen LogP contribution in [0.4, 0.5) is 11.5 Å². The monoisotopic (exact) mass is 257 g/mol. The zero-order valence-electron chi connectivity index (χ0n) is 10.4. The van der Waals surface area contributed by atoms with Crippen molar-refractivity contribution < 1.29 is 14.6 Å². The average molecular weight is 257 g/mol. The number of benzene rings is 1. The lowest BCUT2D eigenvalue weighted by Gasteiger charge is -2.11. The number of pyridine rings is 1. The maximum atomic E-state index is 10.9. The molecule has 1 aromatic heterocycles. The fraction of sp³-hybridized carbons (Fsp3) is 0.143. The molecule has 1 N–H and O–H groups in total. The van der Waals surface area contributed by atoms with Crippen molar-refractivity contribution in [3.05, 3.63) is 48.2 Å². The molecule has 0 bridgehead atoms. The van der Waals surface area contributed by atoms with Crippen molar-refractivity contribution in [1.82, 2.24) is 4.98 Å². The van der Waals surface area contributed by atoms with Crippen LogP contribution in [0.3, 0.4) is 0 Å². The van der Waals surface area contributed by atoms with Crippen molar-refractivity contribution in [2.45, 2.75) is 6.92 Å². The van der Waals surface area contributed by atoms with Gasteiger partial charge >= 0.3 is 0 Å². The fourth-order valence-electron chi connectivity index (χ4n) is 1.61. The van der Waals surface area contributed by atoms with Crippen molar-refractivity contribution in [2.75, 3.05) is 11.9 Å². The van der Waals surface area contributed by atoms with E-state index in [9.17, 15) is 9.90 Å². The molecule has 5 nitrogen and oxygen atoms in total. The van der Waals surface area contributed by atoms with Crippen LogP contribution in [0.15, 0.2) is 42.6 Å². The van der Waals surface area contributed by atoms with Gasteiger partial charge in [-0.15, -0.1) is 0 Å². The number of hydrogen-bond acceptors (Lipinski definition) is 5. The van der Waals surface area contributed by atoms with Crippen LogP contribution in [0.25, 0.3) is 0 Å². The van der Waals surface area contributed by atoms with E-state index < -0.39 is 5.97 Å². The standard InChI is InChI=1S/C14H14N2O3/c1-2-19-11-7-5-10(6-8-11)16-13-12(14(17)18)4-3-9-15-13/h3-9H,2H2,1H3,(H,15,16)(H,17,18)/p-1. The molecule has 0 aliphatic rings. The molecule has 1 heterocycles. The summed E-state index contributed by atoms with van der Waals surface area (Å²) in [6, 6.07) is 10.2.